The highest BCUT2D eigenvalue weighted by atomic mass is 31.2. The van der Waals surface area contributed by atoms with Crippen LogP contribution in [0.3, 0.4) is 0 Å². The van der Waals surface area contributed by atoms with E-state index in [-0.39, 0.29) is 40.8 Å². The standard InChI is InChI=1S/C18H22N5O10P/c1-31-15-9(24)3-2-8(12(15)25)4-19-16-11-17(21-6-20-16)23(7-22-11)18-14(27)13(26)10(33-18)5-32-34(28,29)30/h2-3,6-7,10,13-14,18,24-27H,4-5H2,1H3,(H,19,20,21)(H2,28,29,30)/t10-,13-,14-,18-/m1/s1. The zero-order valence-electron chi connectivity index (χ0n) is 17.6. The second kappa shape index (κ2) is 9.31. The summed E-state index contributed by atoms with van der Waals surface area (Å²) in [4.78, 5) is 30.2. The van der Waals surface area contributed by atoms with Gasteiger partial charge in [0.25, 0.3) is 0 Å². The molecular formula is C18H22N5O10P. The van der Waals surface area contributed by atoms with Gasteiger partial charge >= 0.3 is 7.82 Å². The molecule has 34 heavy (non-hydrogen) atoms. The third kappa shape index (κ3) is 4.63. The van der Waals surface area contributed by atoms with E-state index in [1.54, 1.807) is 0 Å². The monoisotopic (exact) mass is 499 g/mol. The van der Waals surface area contributed by atoms with Crippen LogP contribution >= 0.6 is 7.82 Å². The SMILES string of the molecule is COc1c(O)ccc(CNc2ncnc3c2ncn3[C@@H]2O[C@H](COP(=O)(O)O)[C@@H](O)[C@H]2O)c1O. The van der Waals surface area contributed by atoms with E-state index >= 15 is 0 Å². The molecule has 3 heterocycles. The minimum Gasteiger partial charge on any atom is -0.504 e. The van der Waals surface area contributed by atoms with Crippen molar-refractivity contribution in [2.75, 3.05) is 19.0 Å². The van der Waals surface area contributed by atoms with Crippen molar-refractivity contribution in [2.45, 2.75) is 31.1 Å². The lowest BCUT2D eigenvalue weighted by atomic mass is 10.1. The van der Waals surface area contributed by atoms with Crippen LogP contribution in [0.4, 0.5) is 5.82 Å². The van der Waals surface area contributed by atoms with Gasteiger partial charge in [0.15, 0.2) is 34.7 Å². The van der Waals surface area contributed by atoms with Crippen LogP contribution < -0.4 is 10.1 Å². The van der Waals surface area contributed by atoms with Crippen LogP contribution in [0.5, 0.6) is 17.2 Å². The molecule has 1 aliphatic rings. The van der Waals surface area contributed by atoms with Gasteiger partial charge in [-0.05, 0) is 12.1 Å². The van der Waals surface area contributed by atoms with Crippen molar-refractivity contribution in [3.8, 4) is 17.2 Å². The molecule has 0 aliphatic carbocycles. The van der Waals surface area contributed by atoms with Crippen LogP contribution in [0.15, 0.2) is 24.8 Å². The zero-order chi connectivity index (χ0) is 24.6. The van der Waals surface area contributed by atoms with Gasteiger partial charge in [-0.2, -0.15) is 0 Å². The third-order valence-corrected chi connectivity index (χ3v) is 5.71. The summed E-state index contributed by atoms with van der Waals surface area (Å²) in [5.74, 6) is -0.246. The van der Waals surface area contributed by atoms with Crippen molar-refractivity contribution < 1.29 is 48.8 Å². The molecule has 0 amide bonds. The number of phenolic OH excluding ortho intramolecular Hbond substituents is 2. The summed E-state index contributed by atoms with van der Waals surface area (Å²) in [6.45, 7) is -0.558. The number of aliphatic hydroxyl groups excluding tert-OH is 2. The molecule has 0 unspecified atom stereocenters. The van der Waals surface area contributed by atoms with Crippen LogP contribution in [0, 0.1) is 0 Å². The van der Waals surface area contributed by atoms with E-state index in [0.717, 1.165) is 0 Å². The number of phosphoric ester groups is 1. The summed E-state index contributed by atoms with van der Waals surface area (Å²) >= 11 is 0. The van der Waals surface area contributed by atoms with Gasteiger partial charge in [-0.15, -0.1) is 0 Å². The predicted molar refractivity (Wildman–Crippen MR) is 113 cm³/mol. The fraction of sp³-hybridized carbons (Fsp3) is 0.389. The van der Waals surface area contributed by atoms with E-state index in [1.807, 2.05) is 0 Å². The molecular weight excluding hydrogens is 477 g/mol. The summed E-state index contributed by atoms with van der Waals surface area (Å²) in [6.07, 6.45) is -2.79. The molecule has 1 aromatic carbocycles. The van der Waals surface area contributed by atoms with E-state index in [1.165, 1.54) is 36.5 Å². The topological polar surface area (TPSA) is 222 Å². The molecule has 2 aromatic heterocycles. The van der Waals surface area contributed by atoms with Crippen molar-refractivity contribution in [3.63, 3.8) is 0 Å². The Morgan fingerprint density at radius 1 is 1.18 bits per heavy atom. The summed E-state index contributed by atoms with van der Waals surface area (Å²) in [7, 11) is -3.48. The number of rotatable bonds is 8. The number of nitrogens with zero attached hydrogens (tertiary/aromatic N) is 4. The van der Waals surface area contributed by atoms with Crippen molar-refractivity contribution in [2.24, 2.45) is 0 Å². The molecule has 15 nitrogen and oxygen atoms in total. The third-order valence-electron chi connectivity index (χ3n) is 5.22. The first-order valence-corrected chi connectivity index (χ1v) is 11.3. The maximum absolute atomic E-state index is 10.9. The Kier molecular flexibility index (Phi) is 6.60. The van der Waals surface area contributed by atoms with E-state index in [4.69, 9.17) is 19.3 Å². The van der Waals surface area contributed by atoms with Gasteiger partial charge in [-0.1, -0.05) is 0 Å². The first kappa shape index (κ1) is 24.1. The van der Waals surface area contributed by atoms with E-state index in [9.17, 15) is 25.0 Å². The molecule has 184 valence electrons. The molecule has 7 N–H and O–H groups in total. The molecule has 1 aliphatic heterocycles. The largest absolute Gasteiger partial charge is 0.504 e. The number of hydrogen-bond donors (Lipinski definition) is 7. The Hall–Kier alpha value is -3.04. The average molecular weight is 499 g/mol. The van der Waals surface area contributed by atoms with Gasteiger partial charge < -0.3 is 45.0 Å². The Morgan fingerprint density at radius 2 is 1.94 bits per heavy atom. The first-order chi connectivity index (χ1) is 16.1. The number of aromatic nitrogens is 4. The van der Waals surface area contributed by atoms with Gasteiger partial charge in [0.05, 0.1) is 20.0 Å². The first-order valence-electron chi connectivity index (χ1n) is 9.81. The van der Waals surface area contributed by atoms with E-state index in [0.29, 0.717) is 5.56 Å². The van der Waals surface area contributed by atoms with Crippen molar-refractivity contribution in [1.82, 2.24) is 19.5 Å². The Morgan fingerprint density at radius 3 is 2.65 bits per heavy atom. The number of aromatic hydroxyl groups is 2. The van der Waals surface area contributed by atoms with Crippen molar-refractivity contribution >= 4 is 24.8 Å². The minimum absolute atomic E-state index is 0.0698. The highest BCUT2D eigenvalue weighted by Crippen LogP contribution is 2.40. The molecule has 4 atom stereocenters. The van der Waals surface area contributed by atoms with Gasteiger partial charge in [-0.25, -0.2) is 19.5 Å². The van der Waals surface area contributed by atoms with Gasteiger partial charge in [0.2, 0.25) is 5.75 Å². The summed E-state index contributed by atoms with van der Waals surface area (Å²) in [6, 6.07) is 2.87. The second-order valence-corrected chi connectivity index (χ2v) is 8.60. The highest BCUT2D eigenvalue weighted by Gasteiger charge is 2.45. The number of phosphoric acid groups is 1. The van der Waals surface area contributed by atoms with Crippen LogP contribution in [-0.2, 0) is 20.4 Å². The number of ether oxygens (including phenoxy) is 2. The normalized spacial score (nSPS) is 22.9. The molecule has 0 bridgehead atoms. The van der Waals surface area contributed by atoms with Crippen molar-refractivity contribution in [1.29, 1.82) is 0 Å². The maximum atomic E-state index is 10.9. The lowest BCUT2D eigenvalue weighted by molar-refractivity contribution is -0.0504. The number of fused-ring (bicyclic) bond motifs is 1. The van der Waals surface area contributed by atoms with Gasteiger partial charge in [0, 0.05) is 12.1 Å². The van der Waals surface area contributed by atoms with Crippen LogP contribution in [-0.4, -0.2) is 81.8 Å². The lowest BCUT2D eigenvalue weighted by Crippen LogP contribution is -2.33. The molecule has 4 rings (SSSR count). The Labute approximate surface area is 191 Å². The summed E-state index contributed by atoms with van der Waals surface area (Å²) in [5, 5.41) is 43.7. The smallest absolute Gasteiger partial charge is 0.469 e. The molecule has 0 spiro atoms. The van der Waals surface area contributed by atoms with Crippen LogP contribution in [0.25, 0.3) is 11.2 Å². The highest BCUT2D eigenvalue weighted by molar-refractivity contribution is 7.46. The van der Waals surface area contributed by atoms with Crippen LogP contribution in [0.1, 0.15) is 11.8 Å². The zero-order valence-corrected chi connectivity index (χ0v) is 18.5. The molecule has 3 aromatic rings. The molecule has 16 heteroatoms. The summed E-state index contributed by atoms with van der Waals surface area (Å²) < 4.78 is 27.2. The number of anilines is 1. The maximum Gasteiger partial charge on any atom is 0.469 e. The number of methoxy groups -OCH3 is 1. The van der Waals surface area contributed by atoms with E-state index < -0.39 is 39.0 Å². The number of phenols is 2. The van der Waals surface area contributed by atoms with E-state index in [2.05, 4.69) is 24.8 Å². The number of aliphatic hydroxyl groups is 2. The van der Waals surface area contributed by atoms with Crippen LogP contribution in [0.2, 0.25) is 0 Å². The number of hydrogen-bond acceptors (Lipinski definition) is 12. The molecule has 0 saturated carbocycles. The summed E-state index contributed by atoms with van der Waals surface area (Å²) in [5.41, 5.74) is 0.928. The fourth-order valence-electron chi connectivity index (χ4n) is 3.56. The molecule has 1 saturated heterocycles. The van der Waals surface area contributed by atoms with Gasteiger partial charge in [0.1, 0.15) is 24.6 Å². The Bertz CT molecular complexity index is 1230. The fourth-order valence-corrected chi connectivity index (χ4v) is 3.90. The lowest BCUT2D eigenvalue weighted by Gasteiger charge is -2.16. The van der Waals surface area contributed by atoms with Crippen molar-refractivity contribution in [3.05, 3.63) is 30.4 Å². The molecule has 1 fully saturated rings. The Balaban J connectivity index is 1.55. The van der Waals surface area contributed by atoms with Gasteiger partial charge in [-0.3, -0.25) is 9.09 Å². The number of nitrogens with one attached hydrogen (secondary N) is 1. The number of benzene rings is 1. The molecule has 0 radical (unpaired) electrons. The second-order valence-electron chi connectivity index (χ2n) is 7.36. The average Bonchev–Trinajstić information content (AvgIpc) is 3.33. The predicted octanol–water partition coefficient (Wildman–Crippen LogP) is -0.413. The minimum atomic E-state index is -4.80. The quantitative estimate of drug-likeness (QED) is 0.196. The number of imidazole rings is 1.